The molecule has 0 aromatic rings. The van der Waals surface area contributed by atoms with E-state index in [1.807, 2.05) is 0 Å². The lowest BCUT2D eigenvalue weighted by Crippen LogP contribution is -2.45. The maximum absolute atomic E-state index is 12.1. The molecule has 0 aromatic heterocycles. The van der Waals surface area contributed by atoms with Crippen LogP contribution in [0.5, 0.6) is 0 Å². The molecule has 0 aromatic carbocycles. The topological polar surface area (TPSA) is 98.2 Å². The van der Waals surface area contributed by atoms with E-state index in [0.717, 1.165) is 44.9 Å². The van der Waals surface area contributed by atoms with Gasteiger partial charge in [-0.3, -0.25) is 9.59 Å². The first-order valence-corrected chi connectivity index (χ1v) is 6.93. The van der Waals surface area contributed by atoms with Gasteiger partial charge in [0, 0.05) is 18.0 Å². The summed E-state index contributed by atoms with van der Waals surface area (Å²) in [4.78, 5) is 23.1. The summed E-state index contributed by atoms with van der Waals surface area (Å²) in [5.74, 6) is -0.133. The Morgan fingerprint density at radius 2 is 1.67 bits per heavy atom. The smallest absolute Gasteiger partial charge is 0.224 e. The number of hydrogen-bond donors (Lipinski definition) is 3. The summed E-state index contributed by atoms with van der Waals surface area (Å²) in [7, 11) is 0. The Hall–Kier alpha value is -1.10. The number of carbonyl (C=O) groups is 2. The van der Waals surface area contributed by atoms with Crippen molar-refractivity contribution in [1.29, 1.82) is 0 Å². The molecule has 18 heavy (non-hydrogen) atoms. The highest BCUT2D eigenvalue weighted by atomic mass is 16.2. The van der Waals surface area contributed by atoms with Crippen molar-refractivity contribution in [3.8, 4) is 0 Å². The molecular formula is C13H23N3O2. The predicted molar refractivity (Wildman–Crippen MR) is 68.4 cm³/mol. The molecule has 2 aliphatic carbocycles. The predicted octanol–water partition coefficient (Wildman–Crippen LogP) is 0.274. The molecule has 5 nitrogen and oxygen atoms in total. The molecule has 2 amide bonds. The molecule has 2 rings (SSSR count). The zero-order valence-corrected chi connectivity index (χ0v) is 10.7. The minimum atomic E-state index is -0.211. The van der Waals surface area contributed by atoms with Crippen molar-refractivity contribution in [1.82, 2.24) is 5.32 Å². The van der Waals surface area contributed by atoms with Crippen LogP contribution >= 0.6 is 0 Å². The molecule has 0 saturated heterocycles. The molecule has 2 unspecified atom stereocenters. The maximum atomic E-state index is 12.1. The standard InChI is InChI=1S/C13H23N3O2/c14-11-3-1-2-10(11)13(18)16-9-6-4-8(5-7-9)12(15)17/h8-11H,1-7,14H2,(H2,15,17)(H,16,18). The van der Waals surface area contributed by atoms with Crippen molar-refractivity contribution >= 4 is 11.8 Å². The zero-order chi connectivity index (χ0) is 13.1. The Labute approximate surface area is 108 Å². The number of hydrogen-bond acceptors (Lipinski definition) is 3. The lowest BCUT2D eigenvalue weighted by molar-refractivity contribution is -0.126. The van der Waals surface area contributed by atoms with Gasteiger partial charge in [-0.1, -0.05) is 6.42 Å². The van der Waals surface area contributed by atoms with Gasteiger partial charge in [0.1, 0.15) is 0 Å². The van der Waals surface area contributed by atoms with E-state index in [2.05, 4.69) is 5.32 Å². The molecule has 2 aliphatic rings. The fourth-order valence-electron chi connectivity index (χ4n) is 3.14. The van der Waals surface area contributed by atoms with Crippen molar-refractivity contribution in [2.75, 3.05) is 0 Å². The van der Waals surface area contributed by atoms with Crippen molar-refractivity contribution in [2.24, 2.45) is 23.3 Å². The molecule has 0 heterocycles. The Morgan fingerprint density at radius 3 is 2.17 bits per heavy atom. The monoisotopic (exact) mass is 253 g/mol. The van der Waals surface area contributed by atoms with E-state index in [0.29, 0.717) is 0 Å². The average molecular weight is 253 g/mol. The number of nitrogens with one attached hydrogen (secondary N) is 1. The first-order valence-electron chi connectivity index (χ1n) is 6.93. The first-order chi connectivity index (χ1) is 8.58. The summed E-state index contributed by atoms with van der Waals surface area (Å²) >= 11 is 0. The summed E-state index contributed by atoms with van der Waals surface area (Å²) in [6.45, 7) is 0. The number of amides is 2. The Morgan fingerprint density at radius 1 is 1.00 bits per heavy atom. The summed E-state index contributed by atoms with van der Waals surface area (Å²) < 4.78 is 0. The minimum absolute atomic E-state index is 0.00751. The second kappa shape index (κ2) is 5.69. The van der Waals surface area contributed by atoms with Crippen LogP contribution in [0.2, 0.25) is 0 Å². The van der Waals surface area contributed by atoms with Gasteiger partial charge >= 0.3 is 0 Å². The van der Waals surface area contributed by atoms with Gasteiger partial charge in [0.05, 0.1) is 5.92 Å². The Bertz CT molecular complexity index is 324. The summed E-state index contributed by atoms with van der Waals surface area (Å²) in [6, 6.07) is 0.216. The lowest BCUT2D eigenvalue weighted by Gasteiger charge is -2.28. The lowest BCUT2D eigenvalue weighted by atomic mass is 9.85. The molecular weight excluding hydrogens is 230 g/mol. The third-order valence-corrected chi connectivity index (χ3v) is 4.38. The fraction of sp³-hybridized carbons (Fsp3) is 0.846. The highest BCUT2D eigenvalue weighted by Crippen LogP contribution is 2.27. The molecule has 2 fully saturated rings. The van der Waals surface area contributed by atoms with E-state index in [-0.39, 0.29) is 35.7 Å². The van der Waals surface area contributed by atoms with Crippen LogP contribution in [0.3, 0.4) is 0 Å². The average Bonchev–Trinajstić information content (AvgIpc) is 2.76. The van der Waals surface area contributed by atoms with Gasteiger partial charge in [0.2, 0.25) is 11.8 Å². The van der Waals surface area contributed by atoms with E-state index in [1.54, 1.807) is 0 Å². The largest absolute Gasteiger partial charge is 0.369 e. The number of primary amides is 1. The Balaban J connectivity index is 1.77. The second-order valence-electron chi connectivity index (χ2n) is 5.66. The van der Waals surface area contributed by atoms with Crippen molar-refractivity contribution < 1.29 is 9.59 Å². The van der Waals surface area contributed by atoms with Gasteiger partial charge in [0.25, 0.3) is 0 Å². The van der Waals surface area contributed by atoms with Crippen LogP contribution in [0.15, 0.2) is 0 Å². The molecule has 102 valence electrons. The molecule has 0 spiro atoms. The first kappa shape index (κ1) is 13.3. The van der Waals surface area contributed by atoms with E-state index >= 15 is 0 Å². The molecule has 5 heteroatoms. The van der Waals surface area contributed by atoms with Gasteiger partial charge in [-0.05, 0) is 38.5 Å². The normalized spacial score (nSPS) is 36.3. The summed E-state index contributed by atoms with van der Waals surface area (Å²) in [5.41, 5.74) is 11.2. The summed E-state index contributed by atoms with van der Waals surface area (Å²) in [6.07, 6.45) is 6.18. The molecule has 5 N–H and O–H groups in total. The maximum Gasteiger partial charge on any atom is 0.224 e. The third-order valence-electron chi connectivity index (χ3n) is 4.38. The molecule has 0 aliphatic heterocycles. The van der Waals surface area contributed by atoms with Crippen LogP contribution in [-0.2, 0) is 9.59 Å². The number of carbonyl (C=O) groups excluding carboxylic acids is 2. The van der Waals surface area contributed by atoms with Crippen LogP contribution in [0.4, 0.5) is 0 Å². The van der Waals surface area contributed by atoms with Crippen LogP contribution in [0.1, 0.15) is 44.9 Å². The number of rotatable bonds is 3. The fourth-order valence-corrected chi connectivity index (χ4v) is 3.14. The highest BCUT2D eigenvalue weighted by molar-refractivity contribution is 5.80. The second-order valence-corrected chi connectivity index (χ2v) is 5.66. The number of nitrogens with two attached hydrogens (primary N) is 2. The van der Waals surface area contributed by atoms with Crippen LogP contribution in [0.25, 0.3) is 0 Å². The molecule has 2 saturated carbocycles. The van der Waals surface area contributed by atoms with Gasteiger partial charge in [-0.25, -0.2) is 0 Å². The van der Waals surface area contributed by atoms with Crippen LogP contribution in [-0.4, -0.2) is 23.9 Å². The highest BCUT2D eigenvalue weighted by Gasteiger charge is 2.32. The summed E-state index contributed by atoms with van der Waals surface area (Å²) in [5, 5.41) is 3.08. The van der Waals surface area contributed by atoms with Gasteiger partial charge in [-0.2, -0.15) is 0 Å². The van der Waals surface area contributed by atoms with Crippen molar-refractivity contribution in [3.63, 3.8) is 0 Å². The molecule has 0 bridgehead atoms. The quantitative estimate of drug-likeness (QED) is 0.673. The van der Waals surface area contributed by atoms with Gasteiger partial charge in [0.15, 0.2) is 0 Å². The van der Waals surface area contributed by atoms with Crippen molar-refractivity contribution in [3.05, 3.63) is 0 Å². The minimum Gasteiger partial charge on any atom is -0.369 e. The molecule has 0 radical (unpaired) electrons. The SMILES string of the molecule is NC(=O)C1CCC(NC(=O)C2CCCC2N)CC1. The zero-order valence-electron chi connectivity index (χ0n) is 10.7. The molecule has 2 atom stereocenters. The van der Waals surface area contributed by atoms with E-state index in [9.17, 15) is 9.59 Å². The third kappa shape index (κ3) is 3.02. The van der Waals surface area contributed by atoms with Crippen LogP contribution in [0, 0.1) is 11.8 Å². The van der Waals surface area contributed by atoms with E-state index < -0.39 is 0 Å². The van der Waals surface area contributed by atoms with Gasteiger partial charge in [-0.15, -0.1) is 0 Å². The van der Waals surface area contributed by atoms with E-state index in [1.165, 1.54) is 0 Å². The Kier molecular flexibility index (Phi) is 4.22. The van der Waals surface area contributed by atoms with Gasteiger partial charge < -0.3 is 16.8 Å². The van der Waals surface area contributed by atoms with Crippen molar-refractivity contribution in [2.45, 2.75) is 57.0 Å². The van der Waals surface area contributed by atoms with E-state index in [4.69, 9.17) is 11.5 Å². The van der Waals surface area contributed by atoms with Crippen LogP contribution < -0.4 is 16.8 Å².